The fraction of sp³-hybridized carbons (Fsp3) is 0.355. The molecule has 3 aromatic carbocycles. The van der Waals surface area contributed by atoms with E-state index in [4.69, 9.17) is 14.2 Å². The number of carbonyl (C=O) groups is 2. The molecular formula is C31H32BrNO5. The zero-order valence-electron chi connectivity index (χ0n) is 21.5. The van der Waals surface area contributed by atoms with Crippen LogP contribution in [0.1, 0.15) is 54.9 Å². The standard InChI is InChI=1S/C31H32BrNO5/c1-21(34)37-28-18-23(14-15-27(28)36-20-22-10-4-2-5-11-22)30-29(24-12-6-7-13-26(24)32)25(31(35)38-30)19-33-16-8-3-9-17-33/h2,4-7,10-15,18,25,29-30H,3,8-9,16-17,19-20H2,1H3/t25-,29+,30+/m0/s1. The first-order chi connectivity index (χ1) is 18.5. The number of halogens is 1. The highest BCUT2D eigenvalue weighted by Crippen LogP contribution is 2.49. The van der Waals surface area contributed by atoms with Gasteiger partial charge >= 0.3 is 11.9 Å². The molecule has 0 N–H and O–H groups in total. The Morgan fingerprint density at radius 1 is 0.974 bits per heavy atom. The van der Waals surface area contributed by atoms with Crippen molar-refractivity contribution in [2.24, 2.45) is 5.92 Å². The van der Waals surface area contributed by atoms with Gasteiger partial charge in [0.05, 0.1) is 5.92 Å². The molecular weight excluding hydrogens is 546 g/mol. The van der Waals surface area contributed by atoms with Gasteiger partial charge in [-0.3, -0.25) is 9.59 Å². The van der Waals surface area contributed by atoms with Crippen LogP contribution in [-0.4, -0.2) is 36.5 Å². The molecule has 7 heteroatoms. The van der Waals surface area contributed by atoms with E-state index in [1.54, 1.807) is 12.1 Å². The quantitative estimate of drug-likeness (QED) is 0.227. The second-order valence-electron chi connectivity index (χ2n) is 9.95. The number of ether oxygens (including phenoxy) is 3. The molecule has 6 nitrogen and oxygen atoms in total. The molecule has 3 atom stereocenters. The van der Waals surface area contributed by atoms with Gasteiger partial charge in [0.1, 0.15) is 12.7 Å². The lowest BCUT2D eigenvalue weighted by Crippen LogP contribution is -2.37. The molecule has 0 aliphatic carbocycles. The van der Waals surface area contributed by atoms with Gasteiger partial charge in [-0.15, -0.1) is 0 Å². The SMILES string of the molecule is CC(=O)Oc1cc([C@H]2OC(=O)[C@@H](CN3CCCCC3)[C@H]2c2ccccc2Br)ccc1OCc1ccccc1. The molecule has 2 fully saturated rings. The average Bonchev–Trinajstić information content (AvgIpc) is 3.24. The Kier molecular flexibility index (Phi) is 8.45. The normalized spacial score (nSPS) is 21.6. The Bertz CT molecular complexity index is 1270. The van der Waals surface area contributed by atoms with E-state index in [0.717, 1.165) is 47.1 Å². The van der Waals surface area contributed by atoms with Gasteiger partial charge in [0.25, 0.3) is 0 Å². The van der Waals surface area contributed by atoms with Crippen LogP contribution in [0, 0.1) is 5.92 Å². The summed E-state index contributed by atoms with van der Waals surface area (Å²) in [6, 6.07) is 23.3. The van der Waals surface area contributed by atoms with Crippen molar-refractivity contribution in [2.75, 3.05) is 19.6 Å². The van der Waals surface area contributed by atoms with Gasteiger partial charge < -0.3 is 19.1 Å². The first kappa shape index (κ1) is 26.4. The second kappa shape index (κ2) is 12.1. The first-order valence-corrected chi connectivity index (χ1v) is 14.0. The number of hydrogen-bond donors (Lipinski definition) is 0. The van der Waals surface area contributed by atoms with Crippen LogP contribution < -0.4 is 9.47 Å². The van der Waals surface area contributed by atoms with E-state index in [-0.39, 0.29) is 17.8 Å². The van der Waals surface area contributed by atoms with Crippen molar-refractivity contribution in [2.45, 2.75) is 44.8 Å². The van der Waals surface area contributed by atoms with Gasteiger partial charge in [-0.1, -0.05) is 76.9 Å². The smallest absolute Gasteiger partial charge is 0.311 e. The first-order valence-electron chi connectivity index (χ1n) is 13.2. The van der Waals surface area contributed by atoms with E-state index in [9.17, 15) is 9.59 Å². The lowest BCUT2D eigenvalue weighted by Gasteiger charge is -2.30. The Morgan fingerprint density at radius 2 is 1.71 bits per heavy atom. The minimum absolute atomic E-state index is 0.193. The molecule has 198 valence electrons. The Morgan fingerprint density at radius 3 is 2.45 bits per heavy atom. The van der Waals surface area contributed by atoms with E-state index in [0.29, 0.717) is 24.7 Å². The third-order valence-electron chi connectivity index (χ3n) is 7.26. The highest BCUT2D eigenvalue weighted by molar-refractivity contribution is 9.10. The Labute approximate surface area is 232 Å². The maximum atomic E-state index is 13.3. The molecule has 2 saturated heterocycles. The summed E-state index contributed by atoms with van der Waals surface area (Å²) in [5, 5.41) is 0. The lowest BCUT2D eigenvalue weighted by molar-refractivity contribution is -0.145. The van der Waals surface area contributed by atoms with E-state index >= 15 is 0 Å². The summed E-state index contributed by atoms with van der Waals surface area (Å²) in [6.45, 7) is 4.37. The fourth-order valence-corrected chi connectivity index (χ4v) is 5.99. The van der Waals surface area contributed by atoms with Crippen LogP contribution in [0.4, 0.5) is 0 Å². The lowest BCUT2D eigenvalue weighted by atomic mass is 9.81. The highest BCUT2D eigenvalue weighted by Gasteiger charge is 2.47. The van der Waals surface area contributed by atoms with Crippen LogP contribution in [0.25, 0.3) is 0 Å². The van der Waals surface area contributed by atoms with Crippen molar-refractivity contribution >= 4 is 27.9 Å². The van der Waals surface area contributed by atoms with E-state index in [1.807, 2.05) is 54.6 Å². The van der Waals surface area contributed by atoms with Crippen LogP contribution in [-0.2, 0) is 20.9 Å². The van der Waals surface area contributed by atoms with Gasteiger partial charge in [-0.05, 0) is 60.8 Å². The molecule has 2 aliphatic rings. The Hall–Kier alpha value is -3.16. The van der Waals surface area contributed by atoms with Gasteiger partial charge in [0, 0.05) is 23.9 Å². The average molecular weight is 579 g/mol. The molecule has 0 radical (unpaired) electrons. The summed E-state index contributed by atoms with van der Waals surface area (Å²) in [6.07, 6.45) is 3.02. The summed E-state index contributed by atoms with van der Waals surface area (Å²) in [7, 11) is 0. The van der Waals surface area contributed by atoms with Crippen molar-refractivity contribution in [1.29, 1.82) is 0 Å². The van der Waals surface area contributed by atoms with E-state index in [2.05, 4.69) is 26.9 Å². The number of nitrogens with zero attached hydrogens (tertiary/aromatic N) is 1. The van der Waals surface area contributed by atoms with Gasteiger partial charge in [-0.2, -0.15) is 0 Å². The zero-order valence-corrected chi connectivity index (χ0v) is 23.1. The minimum atomic E-state index is -0.520. The molecule has 2 aliphatic heterocycles. The number of benzene rings is 3. The van der Waals surface area contributed by atoms with Crippen LogP contribution >= 0.6 is 15.9 Å². The molecule has 38 heavy (non-hydrogen) atoms. The van der Waals surface area contributed by atoms with Gasteiger partial charge in [0.15, 0.2) is 11.5 Å². The monoisotopic (exact) mass is 577 g/mol. The summed E-state index contributed by atoms with van der Waals surface area (Å²) >= 11 is 3.71. The molecule has 2 heterocycles. The molecule has 0 spiro atoms. The zero-order chi connectivity index (χ0) is 26.5. The summed E-state index contributed by atoms with van der Waals surface area (Å²) in [5.74, 6) is -0.365. The topological polar surface area (TPSA) is 65.1 Å². The van der Waals surface area contributed by atoms with Crippen LogP contribution in [0.15, 0.2) is 77.3 Å². The fourth-order valence-electron chi connectivity index (χ4n) is 5.44. The number of carbonyl (C=O) groups excluding carboxylic acids is 2. The van der Waals surface area contributed by atoms with E-state index in [1.165, 1.54) is 13.3 Å². The number of cyclic esters (lactones) is 1. The second-order valence-corrected chi connectivity index (χ2v) is 10.8. The molecule has 0 amide bonds. The van der Waals surface area contributed by atoms with Crippen molar-refractivity contribution < 1.29 is 23.8 Å². The maximum Gasteiger partial charge on any atom is 0.311 e. The van der Waals surface area contributed by atoms with Crippen LogP contribution in [0.2, 0.25) is 0 Å². The predicted molar refractivity (Wildman–Crippen MR) is 148 cm³/mol. The molecule has 5 rings (SSSR count). The van der Waals surface area contributed by atoms with Crippen molar-refractivity contribution in [3.63, 3.8) is 0 Å². The molecule has 0 unspecified atom stereocenters. The van der Waals surface area contributed by atoms with Crippen LogP contribution in [0.3, 0.4) is 0 Å². The molecule has 0 aromatic heterocycles. The van der Waals surface area contributed by atoms with E-state index < -0.39 is 12.1 Å². The summed E-state index contributed by atoms with van der Waals surface area (Å²) in [4.78, 5) is 27.7. The van der Waals surface area contributed by atoms with Crippen molar-refractivity contribution in [3.05, 3.63) is 94.0 Å². The summed E-state index contributed by atoms with van der Waals surface area (Å²) < 4.78 is 18.6. The number of piperidine rings is 1. The van der Waals surface area contributed by atoms with Crippen molar-refractivity contribution in [3.8, 4) is 11.5 Å². The Balaban J connectivity index is 1.47. The number of esters is 2. The maximum absolute atomic E-state index is 13.3. The molecule has 0 saturated carbocycles. The third kappa shape index (κ3) is 6.11. The number of likely N-dealkylation sites (tertiary alicyclic amines) is 1. The summed E-state index contributed by atoms with van der Waals surface area (Å²) in [5.41, 5.74) is 2.80. The van der Waals surface area contributed by atoms with Gasteiger partial charge in [0.2, 0.25) is 0 Å². The largest absolute Gasteiger partial charge is 0.485 e. The number of hydrogen-bond acceptors (Lipinski definition) is 6. The number of rotatable bonds is 8. The van der Waals surface area contributed by atoms with Crippen LogP contribution in [0.5, 0.6) is 11.5 Å². The molecule has 0 bridgehead atoms. The van der Waals surface area contributed by atoms with Crippen molar-refractivity contribution in [1.82, 2.24) is 4.90 Å². The van der Waals surface area contributed by atoms with Gasteiger partial charge in [-0.25, -0.2) is 0 Å². The molecule has 3 aromatic rings. The third-order valence-corrected chi connectivity index (χ3v) is 7.98. The minimum Gasteiger partial charge on any atom is -0.485 e. The highest BCUT2D eigenvalue weighted by atomic mass is 79.9. The predicted octanol–water partition coefficient (Wildman–Crippen LogP) is 6.44.